The molecule has 2 aromatic carbocycles. The van der Waals surface area contributed by atoms with Gasteiger partial charge in [0.25, 0.3) is 0 Å². The Bertz CT molecular complexity index is 1830. The van der Waals surface area contributed by atoms with Gasteiger partial charge in [0.2, 0.25) is 0 Å². The second-order valence-electron chi connectivity index (χ2n) is 10.3. The van der Waals surface area contributed by atoms with Gasteiger partial charge in [0, 0.05) is 34.1 Å². The van der Waals surface area contributed by atoms with Crippen LogP contribution in [0.3, 0.4) is 0 Å². The Balaban J connectivity index is 0.00000235. The predicted molar refractivity (Wildman–Crippen MR) is 166 cm³/mol. The van der Waals surface area contributed by atoms with Gasteiger partial charge in [0.15, 0.2) is 5.65 Å². The summed E-state index contributed by atoms with van der Waals surface area (Å²) in [6.07, 6.45) is 2.58. The topological polar surface area (TPSA) is 181 Å². The number of benzene rings is 2. The maximum Gasteiger partial charge on any atom is 1.00 e. The summed E-state index contributed by atoms with van der Waals surface area (Å²) in [7, 11) is 0. The summed E-state index contributed by atoms with van der Waals surface area (Å²) in [4.78, 5) is 28.6. The van der Waals surface area contributed by atoms with E-state index in [1.54, 1.807) is 63.5 Å². The third-order valence-electron chi connectivity index (χ3n) is 5.96. The van der Waals surface area contributed by atoms with Gasteiger partial charge in [-0.25, -0.2) is 23.5 Å². The maximum atomic E-state index is 14.7. The number of pyridine rings is 1. The number of ether oxygens (including phenoxy) is 1. The summed E-state index contributed by atoms with van der Waals surface area (Å²) in [5.74, 6) is -1.13. The standard InChI is InChI=1S/C30H25ClFN5O4S.Li.2H2O/c1-30(2,3)41-29(40)37-12-10-20-23(9-11-33-26(20)37)34-25-15-24(21-14-19(31)7-8-22(21)32)35-36-27(25)42-16-17-5-4-6-18(13-17)28(38)39;;;/h4-15H,16H2,1-3H3,(H,38,39)(H,33,34,35);;2*1H2/q;+1;;/p-1. The van der Waals surface area contributed by atoms with Crippen molar-refractivity contribution in [3.05, 3.63) is 95.0 Å². The Hall–Kier alpha value is -3.96. The third-order valence-corrected chi connectivity index (χ3v) is 7.25. The zero-order valence-corrected chi connectivity index (χ0v) is 26.3. The molecule has 0 spiro atoms. The van der Waals surface area contributed by atoms with Crippen LogP contribution in [0, 0.1) is 5.82 Å². The van der Waals surface area contributed by atoms with Crippen LogP contribution >= 0.6 is 23.4 Å². The van der Waals surface area contributed by atoms with Crippen LogP contribution in [0.5, 0.6) is 0 Å². The van der Waals surface area contributed by atoms with E-state index >= 15 is 0 Å². The SMILES string of the molecule is CC(C)(C)OC(=O)n1ccc2c(Nc3cc(-c4cc(Cl)ccc4F)nnc3SCc3cccc(C(=O)O)c3)ccnc21.O.[Li+].[OH-]. The van der Waals surface area contributed by atoms with Crippen LogP contribution in [0.4, 0.5) is 20.6 Å². The molecule has 0 saturated heterocycles. The number of nitrogens with zero attached hydrogens (tertiary/aromatic N) is 4. The molecule has 3 aromatic heterocycles. The second kappa shape index (κ2) is 15.4. The number of carboxylic acids is 1. The van der Waals surface area contributed by atoms with Gasteiger partial charge >= 0.3 is 30.9 Å². The number of carbonyl (C=O) groups excluding carboxylic acids is 1. The molecule has 3 heterocycles. The van der Waals surface area contributed by atoms with Crippen molar-refractivity contribution in [2.45, 2.75) is 37.2 Å². The number of fused-ring (bicyclic) bond motifs is 1. The van der Waals surface area contributed by atoms with E-state index in [-0.39, 0.29) is 46.6 Å². The Morgan fingerprint density at radius 3 is 2.53 bits per heavy atom. The number of aromatic nitrogens is 4. The van der Waals surface area contributed by atoms with Crippen molar-refractivity contribution in [1.82, 2.24) is 19.7 Å². The molecule has 0 radical (unpaired) electrons. The summed E-state index contributed by atoms with van der Waals surface area (Å²) in [6, 6.07) is 15.9. The molecule has 0 aliphatic rings. The Labute approximate surface area is 279 Å². The van der Waals surface area contributed by atoms with E-state index in [1.165, 1.54) is 40.6 Å². The van der Waals surface area contributed by atoms with Crippen molar-refractivity contribution in [3.8, 4) is 11.3 Å². The quantitative estimate of drug-likeness (QED) is 0.195. The van der Waals surface area contributed by atoms with Crippen LogP contribution in [0.2, 0.25) is 5.02 Å². The van der Waals surface area contributed by atoms with Gasteiger partial charge in [-0.15, -0.1) is 10.2 Å². The first-order chi connectivity index (χ1) is 20.0. The number of carbonyl (C=O) groups is 2. The van der Waals surface area contributed by atoms with E-state index in [0.29, 0.717) is 38.2 Å². The van der Waals surface area contributed by atoms with Gasteiger partial charge in [0.05, 0.1) is 22.6 Å². The van der Waals surface area contributed by atoms with Crippen LogP contribution < -0.4 is 24.2 Å². The maximum absolute atomic E-state index is 14.7. The van der Waals surface area contributed by atoms with Gasteiger partial charge in [-0.2, -0.15) is 0 Å². The first-order valence-corrected chi connectivity index (χ1v) is 14.1. The van der Waals surface area contributed by atoms with Gasteiger partial charge in [0.1, 0.15) is 16.4 Å². The molecule has 5 rings (SSSR count). The molecule has 0 amide bonds. The average molecular weight is 648 g/mol. The third kappa shape index (κ3) is 8.82. The van der Waals surface area contributed by atoms with Crippen molar-refractivity contribution in [2.75, 3.05) is 5.32 Å². The van der Waals surface area contributed by atoms with Gasteiger partial charge in [-0.1, -0.05) is 35.5 Å². The van der Waals surface area contributed by atoms with Gasteiger partial charge in [-0.3, -0.25) is 0 Å². The molecule has 15 heteroatoms. The van der Waals surface area contributed by atoms with Crippen LogP contribution in [0.25, 0.3) is 22.3 Å². The van der Waals surface area contributed by atoms with E-state index in [4.69, 9.17) is 16.3 Å². The zero-order chi connectivity index (χ0) is 30.0. The molecule has 0 aliphatic carbocycles. The van der Waals surface area contributed by atoms with E-state index in [1.807, 2.05) is 6.07 Å². The normalized spacial score (nSPS) is 10.7. The fraction of sp³-hybridized carbons (Fsp3) is 0.167. The molecule has 45 heavy (non-hydrogen) atoms. The number of anilines is 2. The molecule has 5 aromatic rings. The number of thioether (sulfide) groups is 1. The molecule has 0 aliphatic heterocycles. The van der Waals surface area contributed by atoms with Crippen LogP contribution in [0.1, 0.15) is 36.7 Å². The molecule has 230 valence electrons. The van der Waals surface area contributed by atoms with Crippen molar-refractivity contribution in [2.24, 2.45) is 0 Å². The summed E-state index contributed by atoms with van der Waals surface area (Å²) in [6.45, 7) is 5.35. The smallest absolute Gasteiger partial charge is 0.870 e. The summed E-state index contributed by atoms with van der Waals surface area (Å²) in [5.41, 5.74) is 2.22. The molecular formula is C30H28ClFLiN5O6S. The second-order valence-corrected chi connectivity index (χ2v) is 11.7. The van der Waals surface area contributed by atoms with E-state index in [0.717, 1.165) is 5.56 Å². The minimum Gasteiger partial charge on any atom is -0.870 e. The predicted octanol–water partition coefficient (Wildman–Crippen LogP) is 3.81. The zero-order valence-electron chi connectivity index (χ0n) is 24.7. The first-order valence-electron chi connectivity index (χ1n) is 12.7. The molecule has 11 nitrogen and oxygen atoms in total. The Morgan fingerprint density at radius 2 is 1.82 bits per heavy atom. The van der Waals surface area contributed by atoms with Crippen LogP contribution in [0.15, 0.2) is 78.1 Å². The largest absolute Gasteiger partial charge is 1.00 e. The van der Waals surface area contributed by atoms with Crippen molar-refractivity contribution >= 4 is 57.8 Å². The van der Waals surface area contributed by atoms with Crippen molar-refractivity contribution in [1.29, 1.82) is 0 Å². The Kier molecular flexibility index (Phi) is 12.7. The summed E-state index contributed by atoms with van der Waals surface area (Å²) in [5, 5.41) is 22.8. The fourth-order valence-corrected chi connectivity index (χ4v) is 5.12. The monoisotopic (exact) mass is 647 g/mol. The Morgan fingerprint density at radius 1 is 1.07 bits per heavy atom. The molecule has 0 unspecified atom stereocenters. The molecule has 0 atom stereocenters. The van der Waals surface area contributed by atoms with Crippen LogP contribution in [-0.2, 0) is 10.5 Å². The molecule has 5 N–H and O–H groups in total. The number of nitrogens with one attached hydrogen (secondary N) is 1. The number of halogens is 2. The minimum atomic E-state index is -1.02. The first kappa shape index (κ1) is 37.2. The molecule has 0 bridgehead atoms. The van der Waals surface area contributed by atoms with Crippen molar-refractivity contribution < 1.29 is 53.6 Å². The summed E-state index contributed by atoms with van der Waals surface area (Å²) >= 11 is 7.46. The molecule has 0 saturated carbocycles. The molecular weight excluding hydrogens is 620 g/mol. The van der Waals surface area contributed by atoms with E-state index < -0.39 is 23.5 Å². The van der Waals surface area contributed by atoms with E-state index in [9.17, 15) is 19.1 Å². The summed E-state index contributed by atoms with van der Waals surface area (Å²) < 4.78 is 21.6. The number of hydrogen-bond acceptors (Lipinski definition) is 9. The number of hydrogen-bond donors (Lipinski definition) is 2. The number of rotatable bonds is 7. The van der Waals surface area contributed by atoms with Crippen LogP contribution in [-0.4, -0.2) is 53.5 Å². The number of carboxylic acid groups (broad SMARTS) is 1. The van der Waals surface area contributed by atoms with Gasteiger partial charge in [-0.05, 0) is 74.9 Å². The molecule has 0 fully saturated rings. The number of aromatic carboxylic acids is 1. The average Bonchev–Trinajstić information content (AvgIpc) is 3.38. The fourth-order valence-electron chi connectivity index (χ4n) is 4.10. The van der Waals surface area contributed by atoms with E-state index in [2.05, 4.69) is 20.5 Å². The van der Waals surface area contributed by atoms with Crippen molar-refractivity contribution in [3.63, 3.8) is 0 Å². The minimum absolute atomic E-state index is 0. The van der Waals surface area contributed by atoms with Gasteiger partial charge < -0.3 is 26.1 Å².